The second kappa shape index (κ2) is 8.49. The van der Waals surface area contributed by atoms with Crippen LogP contribution in [0.5, 0.6) is 0 Å². The molecule has 2 aliphatic rings. The van der Waals surface area contributed by atoms with E-state index in [4.69, 9.17) is 4.74 Å². The molecule has 1 aromatic rings. The number of ether oxygens (including phenoxy) is 1. The van der Waals surface area contributed by atoms with Gasteiger partial charge in [0.1, 0.15) is 0 Å². The first-order chi connectivity index (χ1) is 11.3. The van der Waals surface area contributed by atoms with E-state index in [1.54, 1.807) is 0 Å². The Morgan fingerprint density at radius 2 is 1.96 bits per heavy atom. The summed E-state index contributed by atoms with van der Waals surface area (Å²) < 4.78 is 5.65. The molecule has 2 saturated heterocycles. The fraction of sp³-hybridized carbons (Fsp3) is 0.650. The Hall–Kier alpha value is -1.35. The number of rotatable bonds is 6. The van der Waals surface area contributed by atoms with Crippen LogP contribution in [0.4, 0.5) is 0 Å². The topological polar surface area (TPSA) is 29.5 Å². The van der Waals surface area contributed by atoms with Crippen LogP contribution in [-0.2, 0) is 16.0 Å². The molecule has 2 heterocycles. The number of hydrogen-bond donors (Lipinski definition) is 0. The van der Waals surface area contributed by atoms with Crippen LogP contribution in [-0.4, -0.2) is 36.1 Å². The van der Waals surface area contributed by atoms with Crippen LogP contribution in [0, 0.1) is 0 Å². The molecule has 1 amide bonds. The van der Waals surface area contributed by atoms with Crippen molar-refractivity contribution in [1.82, 2.24) is 4.90 Å². The zero-order chi connectivity index (χ0) is 15.9. The van der Waals surface area contributed by atoms with Gasteiger partial charge in [0.05, 0.1) is 6.10 Å². The molecule has 3 rings (SSSR count). The maximum absolute atomic E-state index is 12.6. The Morgan fingerprint density at radius 3 is 2.74 bits per heavy atom. The van der Waals surface area contributed by atoms with E-state index in [0.29, 0.717) is 24.5 Å². The molecule has 2 aliphatic heterocycles. The molecule has 0 spiro atoms. The van der Waals surface area contributed by atoms with Crippen molar-refractivity contribution in [2.45, 2.75) is 69.9 Å². The normalized spacial score (nSPS) is 24.8. The summed E-state index contributed by atoms with van der Waals surface area (Å²) in [5, 5.41) is 0. The summed E-state index contributed by atoms with van der Waals surface area (Å²) in [4.78, 5) is 14.8. The molecule has 2 fully saturated rings. The van der Waals surface area contributed by atoms with Gasteiger partial charge in [-0.1, -0.05) is 30.3 Å². The highest BCUT2D eigenvalue weighted by Gasteiger charge is 2.27. The fourth-order valence-electron chi connectivity index (χ4n) is 3.91. The molecule has 0 radical (unpaired) electrons. The largest absolute Gasteiger partial charge is 0.378 e. The van der Waals surface area contributed by atoms with E-state index in [-0.39, 0.29) is 0 Å². The number of hydrogen-bond acceptors (Lipinski definition) is 2. The second-order valence-electron chi connectivity index (χ2n) is 6.93. The third kappa shape index (κ3) is 4.81. The van der Waals surface area contributed by atoms with Gasteiger partial charge in [-0.25, -0.2) is 0 Å². The Labute approximate surface area is 140 Å². The highest BCUT2D eigenvalue weighted by atomic mass is 16.5. The van der Waals surface area contributed by atoms with Crippen LogP contribution in [0.1, 0.15) is 56.9 Å². The molecule has 126 valence electrons. The number of carbonyl (C=O) groups excluding carboxylic acids is 1. The number of nitrogens with zero attached hydrogens (tertiary/aromatic N) is 1. The molecule has 0 aromatic heterocycles. The van der Waals surface area contributed by atoms with Crippen molar-refractivity contribution < 1.29 is 9.53 Å². The van der Waals surface area contributed by atoms with Crippen molar-refractivity contribution in [3.05, 3.63) is 35.9 Å². The van der Waals surface area contributed by atoms with Crippen LogP contribution in [0.15, 0.2) is 30.3 Å². The van der Waals surface area contributed by atoms with Crippen molar-refractivity contribution in [2.75, 3.05) is 13.2 Å². The molecule has 23 heavy (non-hydrogen) atoms. The SMILES string of the molecule is O=C(CC[C@@H]1CCCO1)N1CCCC[C@H]1CCc1ccccc1. The Balaban J connectivity index is 1.49. The van der Waals surface area contributed by atoms with Crippen LogP contribution in [0.3, 0.4) is 0 Å². The van der Waals surface area contributed by atoms with Gasteiger partial charge in [-0.3, -0.25) is 4.79 Å². The predicted octanol–water partition coefficient (Wildman–Crippen LogP) is 3.96. The molecule has 3 heteroatoms. The Morgan fingerprint density at radius 1 is 1.09 bits per heavy atom. The maximum atomic E-state index is 12.6. The highest BCUT2D eigenvalue weighted by Crippen LogP contribution is 2.24. The third-order valence-corrected chi connectivity index (χ3v) is 5.26. The first-order valence-electron chi connectivity index (χ1n) is 9.28. The molecule has 0 bridgehead atoms. The van der Waals surface area contributed by atoms with E-state index in [9.17, 15) is 4.79 Å². The van der Waals surface area contributed by atoms with Gasteiger partial charge in [0.2, 0.25) is 5.91 Å². The van der Waals surface area contributed by atoms with E-state index >= 15 is 0 Å². The average molecular weight is 315 g/mol. The molecule has 3 nitrogen and oxygen atoms in total. The number of likely N-dealkylation sites (tertiary alicyclic amines) is 1. The number of carbonyl (C=O) groups is 1. The summed E-state index contributed by atoms with van der Waals surface area (Å²) in [6.45, 7) is 1.83. The van der Waals surface area contributed by atoms with Gasteiger partial charge in [0.15, 0.2) is 0 Å². The van der Waals surface area contributed by atoms with Gasteiger partial charge in [-0.2, -0.15) is 0 Å². The minimum absolute atomic E-state index is 0.325. The van der Waals surface area contributed by atoms with Gasteiger partial charge in [-0.05, 0) is 56.9 Å². The van der Waals surface area contributed by atoms with Crippen LogP contribution in [0.25, 0.3) is 0 Å². The van der Waals surface area contributed by atoms with Gasteiger partial charge in [0, 0.05) is 25.6 Å². The lowest BCUT2D eigenvalue weighted by molar-refractivity contribution is -0.135. The standard InChI is InChI=1S/C20H29NO2/c22-20(14-13-19-10-6-16-23-19)21-15-5-4-9-18(21)12-11-17-7-2-1-3-8-17/h1-3,7-8,18-19H,4-6,9-16H2/t18-,19-/m0/s1. The zero-order valence-corrected chi connectivity index (χ0v) is 14.1. The first kappa shape index (κ1) is 16.5. The smallest absolute Gasteiger partial charge is 0.222 e. The summed E-state index contributed by atoms with van der Waals surface area (Å²) in [6, 6.07) is 11.1. The predicted molar refractivity (Wildman–Crippen MR) is 92.3 cm³/mol. The maximum Gasteiger partial charge on any atom is 0.222 e. The Bertz CT molecular complexity index is 482. The molecule has 0 unspecified atom stereocenters. The summed E-state index contributed by atoms with van der Waals surface area (Å²) in [6.07, 6.45) is 9.92. The minimum atomic E-state index is 0.325. The lowest BCUT2D eigenvalue weighted by Crippen LogP contribution is -2.44. The molecule has 0 aliphatic carbocycles. The minimum Gasteiger partial charge on any atom is -0.378 e. The lowest BCUT2D eigenvalue weighted by atomic mass is 9.95. The molecular formula is C20H29NO2. The van der Waals surface area contributed by atoms with Crippen molar-refractivity contribution in [3.63, 3.8) is 0 Å². The van der Waals surface area contributed by atoms with E-state index < -0.39 is 0 Å². The monoisotopic (exact) mass is 315 g/mol. The van der Waals surface area contributed by atoms with Gasteiger partial charge in [0.25, 0.3) is 0 Å². The van der Waals surface area contributed by atoms with Crippen molar-refractivity contribution in [2.24, 2.45) is 0 Å². The number of benzene rings is 1. The highest BCUT2D eigenvalue weighted by molar-refractivity contribution is 5.76. The molecule has 1 aromatic carbocycles. The number of amides is 1. The van der Waals surface area contributed by atoms with E-state index in [0.717, 1.165) is 51.7 Å². The van der Waals surface area contributed by atoms with E-state index in [2.05, 4.69) is 35.2 Å². The summed E-state index contributed by atoms with van der Waals surface area (Å²) in [7, 11) is 0. The lowest BCUT2D eigenvalue weighted by Gasteiger charge is -2.36. The van der Waals surface area contributed by atoms with Crippen molar-refractivity contribution in [3.8, 4) is 0 Å². The third-order valence-electron chi connectivity index (χ3n) is 5.26. The van der Waals surface area contributed by atoms with E-state index in [1.165, 1.54) is 18.4 Å². The van der Waals surface area contributed by atoms with Crippen LogP contribution in [0.2, 0.25) is 0 Å². The average Bonchev–Trinajstić information content (AvgIpc) is 3.12. The number of aryl methyl sites for hydroxylation is 1. The summed E-state index contributed by atoms with van der Waals surface area (Å²) >= 11 is 0. The van der Waals surface area contributed by atoms with Gasteiger partial charge < -0.3 is 9.64 Å². The molecular weight excluding hydrogens is 286 g/mol. The number of piperidine rings is 1. The van der Waals surface area contributed by atoms with Gasteiger partial charge in [-0.15, -0.1) is 0 Å². The first-order valence-corrected chi connectivity index (χ1v) is 9.28. The molecule has 2 atom stereocenters. The fourth-order valence-corrected chi connectivity index (χ4v) is 3.91. The Kier molecular flexibility index (Phi) is 6.09. The summed E-state index contributed by atoms with van der Waals surface area (Å²) in [5.41, 5.74) is 1.38. The van der Waals surface area contributed by atoms with Crippen LogP contribution >= 0.6 is 0 Å². The second-order valence-corrected chi connectivity index (χ2v) is 6.93. The van der Waals surface area contributed by atoms with Crippen LogP contribution < -0.4 is 0 Å². The molecule has 0 saturated carbocycles. The van der Waals surface area contributed by atoms with E-state index in [1.807, 2.05) is 0 Å². The summed E-state index contributed by atoms with van der Waals surface area (Å²) in [5.74, 6) is 0.346. The van der Waals surface area contributed by atoms with Crippen molar-refractivity contribution in [1.29, 1.82) is 0 Å². The van der Waals surface area contributed by atoms with Gasteiger partial charge >= 0.3 is 0 Å². The molecule has 0 N–H and O–H groups in total. The quantitative estimate of drug-likeness (QED) is 0.795. The zero-order valence-electron chi connectivity index (χ0n) is 14.1. The van der Waals surface area contributed by atoms with Crippen molar-refractivity contribution >= 4 is 5.91 Å².